The smallest absolute Gasteiger partial charge is 0.262 e. The van der Waals surface area contributed by atoms with E-state index in [1.807, 2.05) is 42.7 Å². The Labute approximate surface area is 162 Å². The number of ether oxygens (including phenoxy) is 2. The summed E-state index contributed by atoms with van der Waals surface area (Å²) in [6.45, 7) is 2.97. The Balaban J connectivity index is 1.54. The standard InChI is InChI=1S/C19H21ClN2O3S/c1-26-16-5-3-15(4-6-16)25-13-19(23)21-14-2-7-18(17(20)12-14)22-8-10-24-11-9-22/h2-7,12H,8-11,13H2,1H3,(H,21,23). The first kappa shape index (κ1) is 18.9. The Morgan fingerprint density at radius 2 is 1.96 bits per heavy atom. The Bertz CT molecular complexity index is 749. The van der Waals surface area contributed by atoms with Gasteiger partial charge in [0.15, 0.2) is 6.61 Å². The molecule has 1 amide bonds. The third-order valence-corrected chi connectivity index (χ3v) is 5.06. The van der Waals surface area contributed by atoms with Gasteiger partial charge < -0.3 is 19.7 Å². The van der Waals surface area contributed by atoms with E-state index < -0.39 is 0 Å². The molecular formula is C19H21ClN2O3S. The van der Waals surface area contributed by atoms with Crippen LogP contribution in [0.5, 0.6) is 5.75 Å². The number of hydrogen-bond acceptors (Lipinski definition) is 5. The van der Waals surface area contributed by atoms with Gasteiger partial charge in [0.05, 0.1) is 23.9 Å². The van der Waals surface area contributed by atoms with Gasteiger partial charge >= 0.3 is 0 Å². The van der Waals surface area contributed by atoms with Gasteiger partial charge in [-0.25, -0.2) is 0 Å². The van der Waals surface area contributed by atoms with Crippen molar-refractivity contribution in [3.63, 3.8) is 0 Å². The number of halogens is 1. The normalized spacial score (nSPS) is 14.2. The van der Waals surface area contributed by atoms with E-state index in [4.69, 9.17) is 21.1 Å². The molecule has 1 aliphatic heterocycles. The summed E-state index contributed by atoms with van der Waals surface area (Å²) in [5, 5.41) is 3.42. The lowest BCUT2D eigenvalue weighted by Gasteiger charge is -2.29. The lowest BCUT2D eigenvalue weighted by molar-refractivity contribution is -0.118. The van der Waals surface area contributed by atoms with E-state index in [0.29, 0.717) is 29.7 Å². The largest absolute Gasteiger partial charge is 0.484 e. The van der Waals surface area contributed by atoms with Gasteiger partial charge in [-0.05, 0) is 48.7 Å². The number of nitrogens with one attached hydrogen (secondary N) is 1. The van der Waals surface area contributed by atoms with Crippen molar-refractivity contribution in [2.24, 2.45) is 0 Å². The number of hydrogen-bond donors (Lipinski definition) is 1. The minimum atomic E-state index is -0.228. The number of carbonyl (C=O) groups excluding carboxylic acids is 1. The van der Waals surface area contributed by atoms with Gasteiger partial charge in [0.25, 0.3) is 5.91 Å². The molecule has 0 bridgehead atoms. The minimum Gasteiger partial charge on any atom is -0.484 e. The van der Waals surface area contributed by atoms with E-state index in [0.717, 1.165) is 23.7 Å². The second kappa shape index (κ2) is 9.16. The van der Waals surface area contributed by atoms with Crippen LogP contribution in [0.2, 0.25) is 5.02 Å². The first-order valence-corrected chi connectivity index (χ1v) is 9.95. The maximum Gasteiger partial charge on any atom is 0.262 e. The highest BCUT2D eigenvalue weighted by Crippen LogP contribution is 2.29. The van der Waals surface area contributed by atoms with E-state index >= 15 is 0 Å². The van der Waals surface area contributed by atoms with Crippen LogP contribution in [0.3, 0.4) is 0 Å². The van der Waals surface area contributed by atoms with Crippen molar-refractivity contribution in [1.82, 2.24) is 0 Å². The van der Waals surface area contributed by atoms with E-state index in [9.17, 15) is 4.79 Å². The number of amides is 1. The number of thioether (sulfide) groups is 1. The van der Waals surface area contributed by atoms with Gasteiger partial charge in [-0.2, -0.15) is 0 Å². The molecule has 26 heavy (non-hydrogen) atoms. The van der Waals surface area contributed by atoms with Crippen molar-refractivity contribution in [3.05, 3.63) is 47.5 Å². The Hall–Kier alpha value is -1.89. The molecular weight excluding hydrogens is 372 g/mol. The monoisotopic (exact) mass is 392 g/mol. The molecule has 5 nitrogen and oxygen atoms in total. The van der Waals surface area contributed by atoms with Gasteiger partial charge in [-0.1, -0.05) is 11.6 Å². The highest BCUT2D eigenvalue weighted by molar-refractivity contribution is 7.98. The number of rotatable bonds is 6. The lowest BCUT2D eigenvalue weighted by Crippen LogP contribution is -2.36. The summed E-state index contributed by atoms with van der Waals surface area (Å²) in [5.41, 5.74) is 1.61. The minimum absolute atomic E-state index is 0.0541. The third-order valence-electron chi connectivity index (χ3n) is 4.01. The van der Waals surface area contributed by atoms with Crippen molar-refractivity contribution in [3.8, 4) is 5.75 Å². The summed E-state index contributed by atoms with van der Waals surface area (Å²) in [7, 11) is 0. The van der Waals surface area contributed by atoms with E-state index in [-0.39, 0.29) is 12.5 Å². The molecule has 0 atom stereocenters. The molecule has 1 fully saturated rings. The van der Waals surface area contributed by atoms with Gasteiger partial charge in [0.1, 0.15) is 5.75 Å². The van der Waals surface area contributed by atoms with E-state index in [1.165, 1.54) is 0 Å². The summed E-state index contributed by atoms with van der Waals surface area (Å²) in [5.74, 6) is 0.438. The van der Waals surface area contributed by atoms with Gasteiger partial charge in [0, 0.05) is 23.7 Å². The predicted molar refractivity (Wildman–Crippen MR) is 107 cm³/mol. The molecule has 138 valence electrons. The molecule has 0 aromatic heterocycles. The zero-order chi connectivity index (χ0) is 18.4. The van der Waals surface area contributed by atoms with Crippen LogP contribution in [0.25, 0.3) is 0 Å². The van der Waals surface area contributed by atoms with Gasteiger partial charge in [-0.15, -0.1) is 11.8 Å². The molecule has 0 unspecified atom stereocenters. The maximum atomic E-state index is 12.1. The Kier molecular flexibility index (Phi) is 6.66. The van der Waals surface area contributed by atoms with Crippen molar-refractivity contribution < 1.29 is 14.3 Å². The van der Waals surface area contributed by atoms with Crippen molar-refractivity contribution in [2.75, 3.05) is 49.4 Å². The van der Waals surface area contributed by atoms with E-state index in [1.54, 1.807) is 17.8 Å². The van der Waals surface area contributed by atoms with Gasteiger partial charge in [0.2, 0.25) is 0 Å². The lowest BCUT2D eigenvalue weighted by atomic mass is 10.2. The van der Waals surface area contributed by atoms with Crippen LogP contribution in [0.1, 0.15) is 0 Å². The first-order chi connectivity index (χ1) is 12.7. The van der Waals surface area contributed by atoms with Crippen LogP contribution in [-0.4, -0.2) is 45.1 Å². The Morgan fingerprint density at radius 1 is 1.23 bits per heavy atom. The fourth-order valence-corrected chi connectivity index (χ4v) is 3.37. The quantitative estimate of drug-likeness (QED) is 0.755. The summed E-state index contributed by atoms with van der Waals surface area (Å²) in [6.07, 6.45) is 2.01. The second-order valence-corrected chi connectivity index (χ2v) is 7.06. The molecule has 1 saturated heterocycles. The fourth-order valence-electron chi connectivity index (χ4n) is 2.66. The van der Waals surface area contributed by atoms with Crippen LogP contribution in [-0.2, 0) is 9.53 Å². The molecule has 3 rings (SSSR count). The average molecular weight is 393 g/mol. The summed E-state index contributed by atoms with van der Waals surface area (Å²) >= 11 is 8.04. The number of nitrogens with zero attached hydrogens (tertiary/aromatic N) is 1. The highest BCUT2D eigenvalue weighted by Gasteiger charge is 2.15. The zero-order valence-electron chi connectivity index (χ0n) is 14.5. The molecule has 7 heteroatoms. The molecule has 2 aromatic carbocycles. The zero-order valence-corrected chi connectivity index (χ0v) is 16.1. The first-order valence-electron chi connectivity index (χ1n) is 8.34. The van der Waals surface area contributed by atoms with Crippen molar-refractivity contribution in [1.29, 1.82) is 0 Å². The Morgan fingerprint density at radius 3 is 2.62 bits per heavy atom. The molecule has 0 radical (unpaired) electrons. The van der Waals surface area contributed by atoms with Gasteiger partial charge in [-0.3, -0.25) is 4.79 Å². The van der Waals surface area contributed by atoms with Crippen molar-refractivity contribution in [2.45, 2.75) is 4.90 Å². The van der Waals surface area contributed by atoms with Crippen LogP contribution < -0.4 is 15.0 Å². The SMILES string of the molecule is CSc1ccc(OCC(=O)Nc2ccc(N3CCOCC3)c(Cl)c2)cc1. The topological polar surface area (TPSA) is 50.8 Å². The maximum absolute atomic E-state index is 12.1. The molecule has 0 saturated carbocycles. The number of carbonyl (C=O) groups is 1. The van der Waals surface area contributed by atoms with Crippen LogP contribution in [0.4, 0.5) is 11.4 Å². The number of morpholine rings is 1. The molecule has 1 N–H and O–H groups in total. The highest BCUT2D eigenvalue weighted by atomic mass is 35.5. The fraction of sp³-hybridized carbons (Fsp3) is 0.316. The average Bonchev–Trinajstić information content (AvgIpc) is 2.67. The van der Waals surface area contributed by atoms with Crippen LogP contribution in [0, 0.1) is 0 Å². The third kappa shape index (κ3) is 5.06. The molecule has 0 aliphatic carbocycles. The predicted octanol–water partition coefficient (Wildman–Crippen LogP) is 3.92. The number of benzene rings is 2. The summed E-state index contributed by atoms with van der Waals surface area (Å²) < 4.78 is 10.9. The molecule has 1 aliphatic rings. The molecule has 1 heterocycles. The van der Waals surface area contributed by atoms with Crippen LogP contribution >= 0.6 is 23.4 Å². The molecule has 0 spiro atoms. The van der Waals surface area contributed by atoms with Crippen LogP contribution in [0.15, 0.2) is 47.4 Å². The van der Waals surface area contributed by atoms with Crippen molar-refractivity contribution >= 4 is 40.6 Å². The summed E-state index contributed by atoms with van der Waals surface area (Å²) in [6, 6.07) is 13.2. The number of anilines is 2. The van der Waals surface area contributed by atoms with E-state index in [2.05, 4.69) is 10.2 Å². The second-order valence-electron chi connectivity index (χ2n) is 5.78. The molecule has 2 aromatic rings. The summed E-state index contributed by atoms with van der Waals surface area (Å²) in [4.78, 5) is 15.4.